The van der Waals surface area contributed by atoms with Crippen LogP contribution in [0, 0.1) is 5.21 Å². The van der Waals surface area contributed by atoms with Crippen LogP contribution in [0.2, 0.25) is 0 Å². The largest absolute Gasteiger partial charge is 0.633 e. The summed E-state index contributed by atoms with van der Waals surface area (Å²) < 4.78 is -0.0833. The lowest BCUT2D eigenvalue weighted by atomic mass is 9.92. The molecule has 2 nitrogen and oxygen atoms in total. The molecule has 1 fully saturated rings. The van der Waals surface area contributed by atoms with Crippen molar-refractivity contribution < 1.29 is 4.65 Å². The van der Waals surface area contributed by atoms with Crippen LogP contribution in [-0.4, -0.2) is 24.8 Å². The summed E-state index contributed by atoms with van der Waals surface area (Å²) in [7, 11) is 3.45. The van der Waals surface area contributed by atoms with Gasteiger partial charge >= 0.3 is 0 Å². The molecule has 0 unspecified atom stereocenters. The van der Waals surface area contributed by atoms with Gasteiger partial charge < -0.3 is 9.85 Å². The van der Waals surface area contributed by atoms with Crippen LogP contribution in [0.25, 0.3) is 0 Å². The maximum absolute atomic E-state index is 11.0. The second-order valence-electron chi connectivity index (χ2n) is 3.02. The number of nitrogens with zero attached hydrogens (tertiary/aromatic N) is 1. The lowest BCUT2D eigenvalue weighted by Crippen LogP contribution is -2.47. The van der Waals surface area contributed by atoms with Crippen molar-refractivity contribution >= 4 is 0 Å². The van der Waals surface area contributed by atoms with Crippen LogP contribution < -0.4 is 0 Å². The number of hydrogen-bond acceptors (Lipinski definition) is 1. The first kappa shape index (κ1) is 6.05. The molecule has 0 radical (unpaired) electrons. The summed E-state index contributed by atoms with van der Waals surface area (Å²) in [5.41, 5.74) is 0. The molecular formula is C6H13NO. The molecule has 2 heteroatoms. The average Bonchev–Trinajstić information content (AvgIpc) is 1.16. The van der Waals surface area contributed by atoms with Crippen molar-refractivity contribution in [2.45, 2.75) is 25.3 Å². The lowest BCUT2D eigenvalue weighted by molar-refractivity contribution is -0.873. The Morgan fingerprint density at radius 3 is 1.88 bits per heavy atom. The average molecular weight is 115 g/mol. The zero-order chi connectivity index (χ0) is 6.20. The van der Waals surface area contributed by atoms with Crippen LogP contribution >= 0.6 is 0 Å². The van der Waals surface area contributed by atoms with Gasteiger partial charge in [-0.25, -0.2) is 0 Å². The zero-order valence-electron chi connectivity index (χ0n) is 5.55. The minimum atomic E-state index is -0.0833. The van der Waals surface area contributed by atoms with Crippen LogP contribution in [0.3, 0.4) is 0 Å². The van der Waals surface area contributed by atoms with Gasteiger partial charge in [0.15, 0.2) is 0 Å². The first-order chi connectivity index (χ1) is 3.61. The molecule has 0 amide bonds. The third-order valence-corrected chi connectivity index (χ3v) is 1.95. The summed E-state index contributed by atoms with van der Waals surface area (Å²) >= 11 is 0. The summed E-state index contributed by atoms with van der Waals surface area (Å²) in [6.45, 7) is 0. The molecule has 0 saturated heterocycles. The maximum atomic E-state index is 11.0. The van der Waals surface area contributed by atoms with E-state index in [0.717, 1.165) is 12.8 Å². The molecule has 0 aliphatic heterocycles. The number of hydroxylamine groups is 3. The van der Waals surface area contributed by atoms with E-state index >= 15 is 0 Å². The highest BCUT2D eigenvalue weighted by molar-refractivity contribution is 4.69. The molecule has 0 heterocycles. The van der Waals surface area contributed by atoms with E-state index in [9.17, 15) is 5.21 Å². The van der Waals surface area contributed by atoms with E-state index in [1.54, 1.807) is 14.1 Å². The quantitative estimate of drug-likeness (QED) is 0.371. The van der Waals surface area contributed by atoms with Gasteiger partial charge in [-0.2, -0.15) is 0 Å². The van der Waals surface area contributed by atoms with E-state index in [4.69, 9.17) is 0 Å². The van der Waals surface area contributed by atoms with Crippen molar-refractivity contribution in [3.63, 3.8) is 0 Å². The van der Waals surface area contributed by atoms with Gasteiger partial charge in [-0.3, -0.25) is 0 Å². The molecule has 1 saturated carbocycles. The molecule has 1 aliphatic carbocycles. The van der Waals surface area contributed by atoms with Crippen molar-refractivity contribution in [3.8, 4) is 0 Å². The van der Waals surface area contributed by atoms with Gasteiger partial charge in [-0.15, -0.1) is 0 Å². The number of quaternary nitrogens is 1. The van der Waals surface area contributed by atoms with E-state index in [-0.39, 0.29) is 4.65 Å². The molecular weight excluding hydrogens is 102 g/mol. The normalized spacial score (nSPS) is 22.9. The monoisotopic (exact) mass is 115 g/mol. The summed E-state index contributed by atoms with van der Waals surface area (Å²) in [6, 6.07) is 0.412. The van der Waals surface area contributed by atoms with Crippen LogP contribution in [0.5, 0.6) is 0 Å². The molecule has 1 aliphatic rings. The number of rotatable bonds is 1. The fraction of sp³-hybridized carbons (Fsp3) is 1.00. The van der Waals surface area contributed by atoms with Gasteiger partial charge in [-0.05, 0) is 19.3 Å². The van der Waals surface area contributed by atoms with E-state index in [0.29, 0.717) is 6.04 Å². The molecule has 1 rings (SSSR count). The Kier molecular flexibility index (Phi) is 1.29. The third kappa shape index (κ3) is 1.01. The smallest absolute Gasteiger partial charge is 0.0883 e. The van der Waals surface area contributed by atoms with E-state index in [1.165, 1.54) is 6.42 Å². The highest BCUT2D eigenvalue weighted by Gasteiger charge is 2.26. The Hall–Kier alpha value is -0.0800. The Morgan fingerprint density at radius 1 is 1.38 bits per heavy atom. The minimum Gasteiger partial charge on any atom is -0.633 e. The minimum absolute atomic E-state index is 0.0833. The summed E-state index contributed by atoms with van der Waals surface area (Å²) in [5, 5.41) is 11.0. The van der Waals surface area contributed by atoms with Crippen molar-refractivity contribution in [3.05, 3.63) is 5.21 Å². The first-order valence-corrected chi connectivity index (χ1v) is 3.15. The fourth-order valence-corrected chi connectivity index (χ4v) is 1.01. The van der Waals surface area contributed by atoms with Gasteiger partial charge in [0, 0.05) is 0 Å². The first-order valence-electron chi connectivity index (χ1n) is 3.15. The van der Waals surface area contributed by atoms with Crippen molar-refractivity contribution in [1.29, 1.82) is 0 Å². The molecule has 48 valence electrons. The predicted octanol–water partition coefficient (Wildman–Crippen LogP) is 1.11. The number of hydrogen-bond donors (Lipinski definition) is 0. The second-order valence-corrected chi connectivity index (χ2v) is 3.02. The van der Waals surface area contributed by atoms with Gasteiger partial charge in [0.1, 0.15) is 0 Å². The van der Waals surface area contributed by atoms with Gasteiger partial charge in [-0.1, -0.05) is 0 Å². The lowest BCUT2D eigenvalue weighted by Gasteiger charge is -2.46. The second kappa shape index (κ2) is 1.71. The van der Waals surface area contributed by atoms with Crippen LogP contribution in [0.1, 0.15) is 19.3 Å². The highest BCUT2D eigenvalue weighted by atomic mass is 16.5. The molecule has 0 spiro atoms. The zero-order valence-corrected chi connectivity index (χ0v) is 5.55. The van der Waals surface area contributed by atoms with Crippen molar-refractivity contribution in [2.75, 3.05) is 14.1 Å². The summed E-state index contributed by atoms with van der Waals surface area (Å²) in [5.74, 6) is 0. The molecule has 0 aromatic heterocycles. The molecule has 0 atom stereocenters. The molecule has 0 aromatic rings. The van der Waals surface area contributed by atoms with E-state index in [1.807, 2.05) is 0 Å². The van der Waals surface area contributed by atoms with Gasteiger partial charge in [0.05, 0.1) is 20.1 Å². The van der Waals surface area contributed by atoms with Crippen molar-refractivity contribution in [1.82, 2.24) is 0 Å². The van der Waals surface area contributed by atoms with Crippen LogP contribution in [0.4, 0.5) is 0 Å². The summed E-state index contributed by atoms with van der Waals surface area (Å²) in [6.07, 6.45) is 3.53. The Bertz CT molecular complexity index is 81.0. The Labute approximate surface area is 50.3 Å². The fourth-order valence-electron chi connectivity index (χ4n) is 1.01. The SMILES string of the molecule is C[N+](C)([O-])C1CCC1. The topological polar surface area (TPSA) is 23.1 Å². The molecule has 0 bridgehead atoms. The van der Waals surface area contributed by atoms with E-state index < -0.39 is 0 Å². The van der Waals surface area contributed by atoms with Crippen LogP contribution in [-0.2, 0) is 0 Å². The standard InChI is InChI=1S/C6H13NO/c1-7(2,8)6-4-3-5-6/h6H,3-5H2,1-2H3. The molecule has 8 heavy (non-hydrogen) atoms. The van der Waals surface area contributed by atoms with Crippen LogP contribution in [0.15, 0.2) is 0 Å². The maximum Gasteiger partial charge on any atom is 0.0883 e. The molecule has 0 aromatic carbocycles. The van der Waals surface area contributed by atoms with E-state index in [2.05, 4.69) is 0 Å². The Morgan fingerprint density at radius 2 is 1.88 bits per heavy atom. The van der Waals surface area contributed by atoms with Gasteiger partial charge in [0.25, 0.3) is 0 Å². The van der Waals surface area contributed by atoms with Gasteiger partial charge in [0.2, 0.25) is 0 Å². The third-order valence-electron chi connectivity index (χ3n) is 1.95. The molecule has 0 N–H and O–H groups in total. The highest BCUT2D eigenvalue weighted by Crippen LogP contribution is 2.26. The summed E-state index contributed by atoms with van der Waals surface area (Å²) in [4.78, 5) is 0. The Balaban J connectivity index is 2.34. The predicted molar refractivity (Wildman–Crippen MR) is 33.1 cm³/mol. The van der Waals surface area contributed by atoms with Crippen molar-refractivity contribution in [2.24, 2.45) is 0 Å².